The van der Waals surface area contributed by atoms with E-state index in [0.29, 0.717) is 0 Å². The van der Waals surface area contributed by atoms with Gasteiger partial charge in [-0.25, -0.2) is 0 Å². The van der Waals surface area contributed by atoms with Crippen molar-refractivity contribution in [3.8, 4) is 0 Å². The van der Waals surface area contributed by atoms with Gasteiger partial charge in [0.25, 0.3) is 0 Å². The van der Waals surface area contributed by atoms with Crippen LogP contribution in [0.5, 0.6) is 0 Å². The Balaban J connectivity index is 2.32. The number of hydrogen-bond donors (Lipinski definition) is 0. The summed E-state index contributed by atoms with van der Waals surface area (Å²) >= 11 is 5.23. The predicted octanol–water partition coefficient (Wildman–Crippen LogP) is 2.38. The van der Waals surface area contributed by atoms with Crippen molar-refractivity contribution in [1.29, 1.82) is 0 Å². The molecule has 1 heterocycles. The zero-order valence-corrected chi connectivity index (χ0v) is 7.70. The molecule has 0 atom stereocenters. The summed E-state index contributed by atoms with van der Waals surface area (Å²) in [6, 6.07) is 0. The second kappa shape index (κ2) is 4.50. The minimum Gasteiger partial charge on any atom is -0.366 e. The van der Waals surface area contributed by atoms with Gasteiger partial charge in [0.15, 0.2) is 0 Å². The fourth-order valence-corrected chi connectivity index (χ4v) is 1.70. The van der Waals surface area contributed by atoms with Crippen LogP contribution in [0.2, 0.25) is 0 Å². The number of likely N-dealkylation sites (tertiary alicyclic amines) is 1. The molecule has 0 bridgehead atoms. The summed E-state index contributed by atoms with van der Waals surface area (Å²) in [7, 11) is 0. The monoisotopic (exact) mass is 169 g/mol. The molecule has 0 aliphatic carbocycles. The summed E-state index contributed by atoms with van der Waals surface area (Å²) < 4.78 is 0. The van der Waals surface area contributed by atoms with Crippen molar-refractivity contribution in [2.45, 2.75) is 25.7 Å². The highest BCUT2D eigenvalue weighted by Crippen LogP contribution is 2.10. The lowest BCUT2D eigenvalue weighted by atomic mass is 10.1. The van der Waals surface area contributed by atoms with Crippen LogP contribution < -0.4 is 0 Å². The molecule has 0 aromatic carbocycles. The molecular formula is C9H15NS. The molecule has 1 nitrogen and oxygen atoms in total. The van der Waals surface area contributed by atoms with Crippen LogP contribution in [0.25, 0.3) is 0 Å². The molecule has 0 aromatic rings. The smallest absolute Gasteiger partial charge is 0.0817 e. The van der Waals surface area contributed by atoms with Crippen LogP contribution >= 0.6 is 12.2 Å². The van der Waals surface area contributed by atoms with Gasteiger partial charge >= 0.3 is 0 Å². The number of hydrogen-bond acceptors (Lipinski definition) is 1. The molecule has 1 fully saturated rings. The molecule has 1 aliphatic heterocycles. The fourth-order valence-electron chi connectivity index (χ4n) is 1.40. The van der Waals surface area contributed by atoms with Crippen molar-refractivity contribution in [1.82, 2.24) is 4.90 Å². The minimum atomic E-state index is 0.870. The second-order valence-electron chi connectivity index (χ2n) is 2.93. The van der Waals surface area contributed by atoms with Crippen molar-refractivity contribution >= 4 is 17.2 Å². The number of thiocarbonyl (C=S) groups is 1. The van der Waals surface area contributed by atoms with Gasteiger partial charge in [-0.15, -0.1) is 6.58 Å². The van der Waals surface area contributed by atoms with E-state index in [9.17, 15) is 0 Å². The van der Waals surface area contributed by atoms with E-state index in [1.54, 1.807) is 0 Å². The van der Waals surface area contributed by atoms with Crippen LogP contribution in [0.4, 0.5) is 0 Å². The second-order valence-corrected chi connectivity index (χ2v) is 3.41. The van der Waals surface area contributed by atoms with E-state index < -0.39 is 0 Å². The first kappa shape index (κ1) is 8.72. The molecule has 2 heteroatoms. The third kappa shape index (κ3) is 2.62. The fraction of sp³-hybridized carbons (Fsp3) is 0.667. The normalized spacial score (nSPS) is 18.0. The molecule has 0 amide bonds. The summed E-state index contributed by atoms with van der Waals surface area (Å²) in [4.78, 5) is 3.38. The highest BCUT2D eigenvalue weighted by atomic mass is 32.1. The van der Waals surface area contributed by atoms with E-state index in [1.165, 1.54) is 19.3 Å². The Hall–Kier alpha value is -0.370. The van der Waals surface area contributed by atoms with Gasteiger partial charge in [-0.05, 0) is 19.3 Å². The maximum atomic E-state index is 5.23. The lowest BCUT2D eigenvalue weighted by Gasteiger charge is -2.28. The molecule has 0 spiro atoms. The third-order valence-electron chi connectivity index (χ3n) is 2.03. The van der Waals surface area contributed by atoms with E-state index in [2.05, 4.69) is 11.5 Å². The van der Waals surface area contributed by atoms with E-state index in [1.807, 2.05) is 6.08 Å². The van der Waals surface area contributed by atoms with Crippen LogP contribution in [0, 0.1) is 0 Å². The lowest BCUT2D eigenvalue weighted by Crippen LogP contribution is -2.33. The van der Waals surface area contributed by atoms with Gasteiger partial charge in [-0.2, -0.15) is 0 Å². The number of piperidine rings is 1. The van der Waals surface area contributed by atoms with E-state index in [0.717, 1.165) is 24.5 Å². The van der Waals surface area contributed by atoms with Gasteiger partial charge < -0.3 is 4.90 Å². The molecule has 0 unspecified atom stereocenters. The Morgan fingerprint density at radius 2 is 2.00 bits per heavy atom. The van der Waals surface area contributed by atoms with Gasteiger partial charge in [0.2, 0.25) is 0 Å². The first-order chi connectivity index (χ1) is 5.34. The summed E-state index contributed by atoms with van der Waals surface area (Å²) in [6.45, 7) is 6.00. The summed E-state index contributed by atoms with van der Waals surface area (Å²) in [5, 5.41) is 0. The predicted molar refractivity (Wildman–Crippen MR) is 52.8 cm³/mol. The average Bonchev–Trinajstić information content (AvgIpc) is 2.07. The van der Waals surface area contributed by atoms with Gasteiger partial charge in [0.05, 0.1) is 4.99 Å². The first-order valence-electron chi connectivity index (χ1n) is 4.23. The Morgan fingerprint density at radius 3 is 2.55 bits per heavy atom. The number of nitrogens with zero attached hydrogens (tertiary/aromatic N) is 1. The number of rotatable bonds is 2. The Labute approximate surface area is 74.1 Å². The van der Waals surface area contributed by atoms with Crippen LogP contribution in [0.15, 0.2) is 12.7 Å². The lowest BCUT2D eigenvalue weighted by molar-refractivity contribution is 0.344. The molecule has 1 saturated heterocycles. The molecule has 0 N–H and O–H groups in total. The third-order valence-corrected chi connectivity index (χ3v) is 2.45. The summed E-state index contributed by atoms with van der Waals surface area (Å²) in [5.74, 6) is 0. The molecule has 0 radical (unpaired) electrons. The minimum absolute atomic E-state index is 0.870. The van der Waals surface area contributed by atoms with Gasteiger partial charge in [0.1, 0.15) is 0 Å². The largest absolute Gasteiger partial charge is 0.366 e. The Morgan fingerprint density at radius 1 is 1.36 bits per heavy atom. The zero-order chi connectivity index (χ0) is 8.10. The SMILES string of the molecule is C=CCC(=S)N1CCCCC1. The molecule has 0 aromatic heterocycles. The van der Waals surface area contributed by atoms with Crippen LogP contribution in [0.1, 0.15) is 25.7 Å². The maximum absolute atomic E-state index is 5.23. The van der Waals surface area contributed by atoms with E-state index in [4.69, 9.17) is 12.2 Å². The first-order valence-corrected chi connectivity index (χ1v) is 4.64. The zero-order valence-electron chi connectivity index (χ0n) is 6.88. The van der Waals surface area contributed by atoms with Gasteiger partial charge in [-0.1, -0.05) is 18.3 Å². The highest BCUT2D eigenvalue weighted by Gasteiger charge is 2.11. The van der Waals surface area contributed by atoms with Crippen molar-refractivity contribution in [2.24, 2.45) is 0 Å². The maximum Gasteiger partial charge on any atom is 0.0817 e. The quantitative estimate of drug-likeness (QED) is 0.461. The van der Waals surface area contributed by atoms with E-state index in [-0.39, 0.29) is 0 Å². The van der Waals surface area contributed by atoms with Crippen molar-refractivity contribution < 1.29 is 0 Å². The van der Waals surface area contributed by atoms with Crippen LogP contribution in [-0.4, -0.2) is 23.0 Å². The van der Waals surface area contributed by atoms with Gasteiger partial charge in [-0.3, -0.25) is 0 Å². The topological polar surface area (TPSA) is 3.24 Å². The van der Waals surface area contributed by atoms with Gasteiger partial charge in [0, 0.05) is 19.5 Å². The van der Waals surface area contributed by atoms with Crippen LogP contribution in [-0.2, 0) is 0 Å². The summed E-state index contributed by atoms with van der Waals surface area (Å²) in [5.41, 5.74) is 0. The molecule has 11 heavy (non-hydrogen) atoms. The van der Waals surface area contributed by atoms with E-state index >= 15 is 0 Å². The Kier molecular flexibility index (Phi) is 3.57. The van der Waals surface area contributed by atoms with Crippen LogP contribution in [0.3, 0.4) is 0 Å². The standard InChI is InChI=1S/C9H15NS/c1-2-6-9(11)10-7-4-3-5-8-10/h2H,1,3-8H2. The highest BCUT2D eigenvalue weighted by molar-refractivity contribution is 7.80. The molecule has 1 rings (SSSR count). The molecule has 0 saturated carbocycles. The Bertz CT molecular complexity index is 148. The van der Waals surface area contributed by atoms with Crippen molar-refractivity contribution in [2.75, 3.05) is 13.1 Å². The van der Waals surface area contributed by atoms with Crippen molar-refractivity contribution in [3.05, 3.63) is 12.7 Å². The molecular weight excluding hydrogens is 154 g/mol. The van der Waals surface area contributed by atoms with Crippen molar-refractivity contribution in [3.63, 3.8) is 0 Å². The molecule has 1 aliphatic rings. The average molecular weight is 169 g/mol. The summed E-state index contributed by atoms with van der Waals surface area (Å²) in [6.07, 6.45) is 6.73. The molecule has 62 valence electrons.